The van der Waals surface area contributed by atoms with Gasteiger partial charge in [0.25, 0.3) is 5.22 Å². The van der Waals surface area contributed by atoms with E-state index in [2.05, 4.69) is 34.6 Å². The molecule has 1 heterocycles. The number of hydrogen-bond acceptors (Lipinski definition) is 5. The molecule has 0 aliphatic rings. The first-order valence-corrected chi connectivity index (χ1v) is 9.19. The van der Waals surface area contributed by atoms with E-state index in [0.29, 0.717) is 23.2 Å². The Kier molecular flexibility index (Phi) is 6.01. The summed E-state index contributed by atoms with van der Waals surface area (Å²) in [6.07, 6.45) is 1.56. The summed E-state index contributed by atoms with van der Waals surface area (Å²) in [6.45, 7) is 2.11. The number of carbonyl (C=O) groups is 1. The quantitative estimate of drug-likeness (QED) is 0.634. The Morgan fingerprint density at radius 1 is 1.08 bits per heavy atom. The standard InChI is InChI=1S/C19H18FN3O2S/c1-2-13-3-5-14(6-4-13)11-18-22-23-19(25-18)26-12-17(24)21-16-9-7-15(20)8-10-16/h3-10H,2,11-12H2,1H3,(H,21,24). The van der Waals surface area contributed by atoms with Gasteiger partial charge in [0.05, 0.1) is 12.2 Å². The summed E-state index contributed by atoms with van der Waals surface area (Å²) in [5, 5.41) is 11.0. The Balaban J connectivity index is 1.49. The van der Waals surface area contributed by atoms with Crippen molar-refractivity contribution in [1.29, 1.82) is 0 Å². The van der Waals surface area contributed by atoms with E-state index < -0.39 is 0 Å². The third-order valence-corrected chi connectivity index (χ3v) is 4.51. The Morgan fingerprint density at radius 3 is 2.46 bits per heavy atom. The van der Waals surface area contributed by atoms with Gasteiger partial charge in [-0.3, -0.25) is 4.79 Å². The van der Waals surface area contributed by atoms with Crippen molar-refractivity contribution >= 4 is 23.4 Å². The van der Waals surface area contributed by atoms with E-state index in [-0.39, 0.29) is 17.5 Å². The van der Waals surface area contributed by atoms with Gasteiger partial charge in [-0.1, -0.05) is 43.0 Å². The fourth-order valence-corrected chi connectivity index (χ4v) is 2.87. The summed E-state index contributed by atoms with van der Waals surface area (Å²) in [6, 6.07) is 13.9. The highest BCUT2D eigenvalue weighted by Crippen LogP contribution is 2.19. The summed E-state index contributed by atoms with van der Waals surface area (Å²) in [5.74, 6) is 0.0665. The molecule has 0 fully saturated rings. The van der Waals surface area contributed by atoms with Crippen LogP contribution in [0, 0.1) is 5.82 Å². The molecule has 2 aromatic carbocycles. The number of hydrogen-bond donors (Lipinski definition) is 1. The predicted octanol–water partition coefficient (Wildman–Crippen LogP) is 4.09. The van der Waals surface area contributed by atoms with Gasteiger partial charge >= 0.3 is 0 Å². The minimum Gasteiger partial charge on any atom is -0.416 e. The maximum Gasteiger partial charge on any atom is 0.277 e. The first kappa shape index (κ1) is 18.1. The largest absolute Gasteiger partial charge is 0.416 e. The van der Waals surface area contributed by atoms with E-state index in [0.717, 1.165) is 23.7 Å². The van der Waals surface area contributed by atoms with E-state index in [1.807, 2.05) is 12.1 Å². The molecular weight excluding hydrogens is 353 g/mol. The summed E-state index contributed by atoms with van der Waals surface area (Å²) in [5.41, 5.74) is 2.91. The number of aromatic nitrogens is 2. The van der Waals surface area contributed by atoms with Crippen molar-refractivity contribution < 1.29 is 13.6 Å². The molecule has 1 N–H and O–H groups in total. The second kappa shape index (κ2) is 8.62. The van der Waals surface area contributed by atoms with Crippen molar-refractivity contribution in [2.45, 2.75) is 25.0 Å². The number of aryl methyl sites for hydroxylation is 1. The van der Waals surface area contributed by atoms with Gasteiger partial charge in [-0.15, -0.1) is 10.2 Å². The van der Waals surface area contributed by atoms with Gasteiger partial charge in [-0.2, -0.15) is 0 Å². The molecule has 0 aliphatic carbocycles. The number of halogens is 1. The number of amides is 1. The van der Waals surface area contributed by atoms with E-state index in [1.165, 1.54) is 29.8 Å². The van der Waals surface area contributed by atoms with Crippen LogP contribution in [-0.2, 0) is 17.6 Å². The van der Waals surface area contributed by atoms with Crippen LogP contribution in [-0.4, -0.2) is 21.9 Å². The lowest BCUT2D eigenvalue weighted by atomic mass is 10.1. The van der Waals surface area contributed by atoms with Crippen LogP contribution in [0.4, 0.5) is 10.1 Å². The summed E-state index contributed by atoms with van der Waals surface area (Å²) < 4.78 is 18.4. The van der Waals surface area contributed by atoms with E-state index in [1.54, 1.807) is 0 Å². The van der Waals surface area contributed by atoms with Gasteiger partial charge in [0.1, 0.15) is 5.82 Å². The zero-order chi connectivity index (χ0) is 18.4. The topological polar surface area (TPSA) is 68.0 Å². The monoisotopic (exact) mass is 371 g/mol. The van der Waals surface area contributed by atoms with Crippen molar-refractivity contribution in [2.24, 2.45) is 0 Å². The van der Waals surface area contributed by atoms with E-state index in [9.17, 15) is 9.18 Å². The summed E-state index contributed by atoms with van der Waals surface area (Å²) in [7, 11) is 0. The number of thioether (sulfide) groups is 1. The molecular formula is C19H18FN3O2S. The van der Waals surface area contributed by atoms with Crippen molar-refractivity contribution in [1.82, 2.24) is 10.2 Å². The number of nitrogens with one attached hydrogen (secondary N) is 1. The van der Waals surface area contributed by atoms with Gasteiger partial charge in [-0.05, 0) is 41.8 Å². The first-order chi connectivity index (χ1) is 12.6. The zero-order valence-corrected chi connectivity index (χ0v) is 15.1. The SMILES string of the molecule is CCc1ccc(Cc2nnc(SCC(=O)Nc3ccc(F)cc3)o2)cc1. The maximum absolute atomic E-state index is 12.8. The minimum atomic E-state index is -0.347. The third-order valence-electron chi connectivity index (χ3n) is 3.69. The number of anilines is 1. The second-order valence-electron chi connectivity index (χ2n) is 5.65. The highest BCUT2D eigenvalue weighted by atomic mass is 32.2. The van der Waals surface area contributed by atoms with Crippen LogP contribution in [0.1, 0.15) is 23.9 Å². The lowest BCUT2D eigenvalue weighted by Gasteiger charge is -2.03. The van der Waals surface area contributed by atoms with Gasteiger partial charge in [0.15, 0.2) is 0 Å². The molecule has 0 spiro atoms. The Hall–Kier alpha value is -2.67. The molecule has 1 aromatic heterocycles. The Bertz CT molecular complexity index is 863. The fourth-order valence-electron chi connectivity index (χ4n) is 2.29. The molecule has 0 saturated carbocycles. The normalized spacial score (nSPS) is 10.7. The van der Waals surface area contributed by atoms with Crippen LogP contribution in [0.25, 0.3) is 0 Å². The van der Waals surface area contributed by atoms with Crippen LogP contribution in [0.15, 0.2) is 58.2 Å². The van der Waals surface area contributed by atoms with E-state index >= 15 is 0 Å². The fraction of sp³-hybridized carbons (Fsp3) is 0.211. The summed E-state index contributed by atoms with van der Waals surface area (Å²) >= 11 is 1.16. The lowest BCUT2D eigenvalue weighted by molar-refractivity contribution is -0.113. The van der Waals surface area contributed by atoms with Gasteiger partial charge in [0.2, 0.25) is 11.8 Å². The van der Waals surface area contributed by atoms with Crippen LogP contribution in [0.3, 0.4) is 0 Å². The third kappa shape index (κ3) is 5.16. The molecule has 0 saturated heterocycles. The Morgan fingerprint density at radius 2 is 1.77 bits per heavy atom. The highest BCUT2D eigenvalue weighted by Gasteiger charge is 2.10. The van der Waals surface area contributed by atoms with Crippen molar-refractivity contribution in [3.63, 3.8) is 0 Å². The smallest absolute Gasteiger partial charge is 0.277 e. The predicted molar refractivity (Wildman–Crippen MR) is 98.7 cm³/mol. The Labute approximate surface area is 155 Å². The number of carbonyl (C=O) groups excluding carboxylic acids is 1. The van der Waals surface area contributed by atoms with Gasteiger partial charge in [-0.25, -0.2) is 4.39 Å². The van der Waals surface area contributed by atoms with Crippen LogP contribution >= 0.6 is 11.8 Å². The molecule has 0 atom stereocenters. The molecule has 0 radical (unpaired) electrons. The molecule has 5 nitrogen and oxygen atoms in total. The first-order valence-electron chi connectivity index (χ1n) is 8.21. The van der Waals surface area contributed by atoms with Crippen molar-refractivity contribution in [3.8, 4) is 0 Å². The van der Waals surface area contributed by atoms with Gasteiger partial charge in [0, 0.05) is 5.69 Å². The van der Waals surface area contributed by atoms with Crippen LogP contribution in [0.2, 0.25) is 0 Å². The number of nitrogens with zero attached hydrogens (tertiary/aromatic N) is 2. The number of rotatable bonds is 7. The van der Waals surface area contributed by atoms with E-state index in [4.69, 9.17) is 4.42 Å². The average molecular weight is 371 g/mol. The van der Waals surface area contributed by atoms with Crippen LogP contribution < -0.4 is 5.32 Å². The molecule has 7 heteroatoms. The molecule has 26 heavy (non-hydrogen) atoms. The molecule has 134 valence electrons. The summed E-state index contributed by atoms with van der Waals surface area (Å²) in [4.78, 5) is 11.9. The molecule has 0 bridgehead atoms. The lowest BCUT2D eigenvalue weighted by Crippen LogP contribution is -2.13. The minimum absolute atomic E-state index is 0.129. The van der Waals surface area contributed by atoms with Crippen molar-refractivity contribution in [3.05, 3.63) is 71.4 Å². The molecule has 0 unspecified atom stereocenters. The molecule has 1 amide bonds. The number of benzene rings is 2. The molecule has 0 aliphatic heterocycles. The zero-order valence-electron chi connectivity index (χ0n) is 14.2. The second-order valence-corrected chi connectivity index (χ2v) is 6.58. The highest BCUT2D eigenvalue weighted by molar-refractivity contribution is 7.99. The van der Waals surface area contributed by atoms with Crippen LogP contribution in [0.5, 0.6) is 0 Å². The van der Waals surface area contributed by atoms with Gasteiger partial charge < -0.3 is 9.73 Å². The molecule has 3 rings (SSSR count). The average Bonchev–Trinajstić information content (AvgIpc) is 3.10. The molecule has 3 aromatic rings. The van der Waals surface area contributed by atoms with Crippen molar-refractivity contribution in [2.75, 3.05) is 11.1 Å². The maximum atomic E-state index is 12.8.